The van der Waals surface area contributed by atoms with Gasteiger partial charge in [0, 0.05) is 12.4 Å². The third-order valence-corrected chi connectivity index (χ3v) is 1.58. The average molecular weight is 192 g/mol. The number of carbonyl (C=O) groups excluding carboxylic acids is 1. The van der Waals surface area contributed by atoms with Crippen LogP contribution in [0.1, 0.15) is 16.2 Å². The summed E-state index contributed by atoms with van der Waals surface area (Å²) in [6.07, 6.45) is 3.47. The van der Waals surface area contributed by atoms with E-state index < -0.39 is 11.9 Å². The van der Waals surface area contributed by atoms with E-state index in [9.17, 15) is 9.59 Å². The Bertz CT molecular complexity index is 452. The van der Waals surface area contributed by atoms with Crippen LogP contribution in [0.4, 0.5) is 0 Å². The molecule has 0 atom stereocenters. The van der Waals surface area contributed by atoms with Gasteiger partial charge in [-0.1, -0.05) is 0 Å². The number of nitrogens with zero attached hydrogens (tertiary/aromatic N) is 2. The molecule has 0 fully saturated rings. The molecule has 0 amide bonds. The Morgan fingerprint density at radius 2 is 2.00 bits per heavy atom. The topological polar surface area (TPSA) is 89.4 Å². The summed E-state index contributed by atoms with van der Waals surface area (Å²) in [5, 5.41) is 8.47. The van der Waals surface area contributed by atoms with E-state index in [-0.39, 0.29) is 17.1 Å². The van der Waals surface area contributed by atoms with Crippen molar-refractivity contribution in [2.24, 2.45) is 0 Å². The number of carboxylic acid groups (broad SMARTS) is 1. The number of ether oxygens (including phenoxy) is 1. The fraction of sp³-hybridized carbons (Fsp3) is 0. The second-order valence-corrected chi connectivity index (χ2v) is 2.49. The van der Waals surface area contributed by atoms with Crippen LogP contribution in [-0.2, 0) is 9.53 Å². The molecular weight excluding hydrogens is 188 g/mol. The van der Waals surface area contributed by atoms with Crippen LogP contribution in [0.2, 0.25) is 0 Å². The third-order valence-electron chi connectivity index (χ3n) is 1.58. The van der Waals surface area contributed by atoms with Crippen LogP contribution in [0.5, 0.6) is 0 Å². The predicted octanol–water partition coefficient (Wildman–Crippen LogP) is 0.0725. The van der Waals surface area contributed by atoms with Gasteiger partial charge in [-0.3, -0.25) is 0 Å². The van der Waals surface area contributed by atoms with Crippen LogP contribution in [0.15, 0.2) is 18.5 Å². The molecule has 1 aromatic rings. The van der Waals surface area contributed by atoms with E-state index in [1.54, 1.807) is 0 Å². The summed E-state index contributed by atoms with van der Waals surface area (Å²) in [4.78, 5) is 29.0. The lowest BCUT2D eigenvalue weighted by atomic mass is 10.3. The summed E-state index contributed by atoms with van der Waals surface area (Å²) in [5.74, 6) is -1.96. The first-order valence-electron chi connectivity index (χ1n) is 3.66. The zero-order chi connectivity index (χ0) is 10.1. The number of aliphatic carboxylic acids is 1. The molecule has 2 heterocycles. The molecule has 0 radical (unpaired) electrons. The van der Waals surface area contributed by atoms with Crippen molar-refractivity contribution in [3.05, 3.63) is 29.9 Å². The van der Waals surface area contributed by atoms with Crippen molar-refractivity contribution >= 4 is 17.7 Å². The quantitative estimate of drug-likeness (QED) is 0.500. The molecular formula is C8H4N2O4. The largest absolute Gasteiger partial charge is 0.478 e. The molecule has 1 aliphatic rings. The Hall–Kier alpha value is -2.24. The molecule has 0 bridgehead atoms. The van der Waals surface area contributed by atoms with Gasteiger partial charge < -0.3 is 9.84 Å². The molecule has 6 heteroatoms. The van der Waals surface area contributed by atoms with Gasteiger partial charge in [0.05, 0.1) is 6.08 Å². The van der Waals surface area contributed by atoms with E-state index >= 15 is 0 Å². The van der Waals surface area contributed by atoms with Gasteiger partial charge in [0.15, 0.2) is 11.5 Å². The third kappa shape index (κ3) is 1.22. The summed E-state index contributed by atoms with van der Waals surface area (Å²) in [6.45, 7) is 0. The molecule has 1 N–H and O–H groups in total. The summed E-state index contributed by atoms with van der Waals surface area (Å²) in [5.41, 5.74) is 0.208. The number of esters is 1. The zero-order valence-corrected chi connectivity index (χ0v) is 6.80. The number of aromatic nitrogens is 2. The SMILES string of the molecule is O=C(O)/C=C1\OC(=O)c2nccnc21. The normalized spacial score (nSPS) is 16.6. The Labute approximate surface area is 77.9 Å². The van der Waals surface area contributed by atoms with E-state index in [0.717, 1.165) is 6.08 Å². The number of fused-ring (bicyclic) bond motifs is 1. The van der Waals surface area contributed by atoms with E-state index in [4.69, 9.17) is 5.11 Å². The van der Waals surface area contributed by atoms with E-state index in [1.165, 1.54) is 12.4 Å². The molecule has 70 valence electrons. The number of cyclic esters (lactones) is 1. The minimum absolute atomic E-state index is 0.0417. The highest BCUT2D eigenvalue weighted by molar-refractivity contribution is 6.03. The summed E-state index contributed by atoms with van der Waals surface area (Å²) >= 11 is 0. The fourth-order valence-corrected chi connectivity index (χ4v) is 1.07. The van der Waals surface area contributed by atoms with Crippen molar-refractivity contribution < 1.29 is 19.4 Å². The van der Waals surface area contributed by atoms with Crippen molar-refractivity contribution in [3.63, 3.8) is 0 Å². The molecule has 0 aliphatic carbocycles. The van der Waals surface area contributed by atoms with E-state index in [2.05, 4.69) is 14.7 Å². The van der Waals surface area contributed by atoms with Gasteiger partial charge in [-0.25, -0.2) is 19.6 Å². The molecule has 14 heavy (non-hydrogen) atoms. The van der Waals surface area contributed by atoms with E-state index in [0.29, 0.717) is 0 Å². The Kier molecular flexibility index (Phi) is 1.74. The van der Waals surface area contributed by atoms with Crippen molar-refractivity contribution in [1.29, 1.82) is 0 Å². The molecule has 2 rings (SSSR count). The van der Waals surface area contributed by atoms with Gasteiger partial charge in [-0.05, 0) is 0 Å². The first-order chi connectivity index (χ1) is 6.68. The maximum absolute atomic E-state index is 11.1. The van der Waals surface area contributed by atoms with Crippen LogP contribution < -0.4 is 0 Å². The lowest BCUT2D eigenvalue weighted by molar-refractivity contribution is -0.131. The Balaban J connectivity index is 2.54. The lowest BCUT2D eigenvalue weighted by Gasteiger charge is -1.92. The highest BCUT2D eigenvalue weighted by atomic mass is 16.5. The average Bonchev–Trinajstić information content (AvgIpc) is 2.44. The molecule has 0 saturated heterocycles. The first-order valence-corrected chi connectivity index (χ1v) is 3.66. The molecule has 1 aromatic heterocycles. The van der Waals surface area contributed by atoms with Crippen molar-refractivity contribution in [1.82, 2.24) is 9.97 Å². The van der Waals surface area contributed by atoms with Gasteiger partial charge in [0.25, 0.3) is 0 Å². The lowest BCUT2D eigenvalue weighted by Crippen LogP contribution is -1.97. The van der Waals surface area contributed by atoms with Gasteiger partial charge in [-0.15, -0.1) is 0 Å². The standard InChI is InChI=1S/C8H4N2O4/c11-5(12)3-4-6-7(8(13)14-4)10-2-1-9-6/h1-3H,(H,11,12)/b4-3-. The van der Waals surface area contributed by atoms with Crippen LogP contribution >= 0.6 is 0 Å². The van der Waals surface area contributed by atoms with Gasteiger partial charge in [-0.2, -0.15) is 0 Å². The maximum atomic E-state index is 11.1. The van der Waals surface area contributed by atoms with Crippen molar-refractivity contribution in [2.75, 3.05) is 0 Å². The molecule has 0 saturated carbocycles. The number of rotatable bonds is 1. The highest BCUT2D eigenvalue weighted by Gasteiger charge is 2.29. The highest BCUT2D eigenvalue weighted by Crippen LogP contribution is 2.25. The van der Waals surface area contributed by atoms with Gasteiger partial charge >= 0.3 is 11.9 Å². The Morgan fingerprint density at radius 1 is 1.36 bits per heavy atom. The number of carboxylic acids is 1. The smallest absolute Gasteiger partial charge is 0.364 e. The van der Waals surface area contributed by atoms with Crippen molar-refractivity contribution in [2.45, 2.75) is 0 Å². The molecule has 6 nitrogen and oxygen atoms in total. The molecule has 0 unspecified atom stereocenters. The summed E-state index contributed by atoms with van der Waals surface area (Å²) in [7, 11) is 0. The molecule has 0 aromatic carbocycles. The van der Waals surface area contributed by atoms with Crippen molar-refractivity contribution in [3.8, 4) is 0 Å². The maximum Gasteiger partial charge on any atom is 0.364 e. The summed E-state index contributed by atoms with van der Waals surface area (Å²) in [6, 6.07) is 0. The van der Waals surface area contributed by atoms with Gasteiger partial charge in [0.2, 0.25) is 0 Å². The Morgan fingerprint density at radius 3 is 2.64 bits per heavy atom. The zero-order valence-electron chi connectivity index (χ0n) is 6.80. The second kappa shape index (κ2) is 2.91. The van der Waals surface area contributed by atoms with Crippen LogP contribution in [0, 0.1) is 0 Å². The molecule has 0 spiro atoms. The first kappa shape index (κ1) is 8.36. The van der Waals surface area contributed by atoms with Crippen LogP contribution in [-0.4, -0.2) is 27.0 Å². The molecule has 1 aliphatic heterocycles. The predicted molar refractivity (Wildman–Crippen MR) is 43.1 cm³/mol. The van der Waals surface area contributed by atoms with E-state index in [1.807, 2.05) is 0 Å². The van der Waals surface area contributed by atoms with Crippen LogP contribution in [0.25, 0.3) is 5.76 Å². The number of hydrogen-bond acceptors (Lipinski definition) is 5. The number of carbonyl (C=O) groups is 2. The minimum atomic E-state index is -1.20. The number of hydrogen-bond donors (Lipinski definition) is 1. The fourth-order valence-electron chi connectivity index (χ4n) is 1.07. The monoisotopic (exact) mass is 192 g/mol. The van der Waals surface area contributed by atoms with Crippen LogP contribution in [0.3, 0.4) is 0 Å². The summed E-state index contributed by atoms with van der Waals surface area (Å²) < 4.78 is 4.66. The van der Waals surface area contributed by atoms with Gasteiger partial charge in [0.1, 0.15) is 5.69 Å². The minimum Gasteiger partial charge on any atom is -0.478 e. The second-order valence-electron chi connectivity index (χ2n) is 2.49.